The second-order valence-corrected chi connectivity index (χ2v) is 16.8. The highest BCUT2D eigenvalue weighted by Gasteiger charge is 2.26. The number of nitrogens with one attached hydrogen (secondary N) is 1. The first kappa shape index (κ1) is 34.8. The fourth-order valence-electron chi connectivity index (χ4n) is 10.5. The molecule has 1 unspecified atom stereocenters. The predicted molar refractivity (Wildman–Crippen MR) is 261 cm³/mol. The smallest absolute Gasteiger partial charge is 0.0703 e. The quantitative estimate of drug-likeness (QED) is 0.180. The van der Waals surface area contributed by atoms with Crippen LogP contribution in [-0.4, -0.2) is 14.8 Å². The van der Waals surface area contributed by atoms with Crippen LogP contribution in [0.5, 0.6) is 0 Å². The van der Waals surface area contributed by atoms with E-state index in [1.54, 1.807) is 0 Å². The molecule has 0 saturated heterocycles. The standard InChI is InChI=1S/C59H39N3/c60-59-51-16-5-4-13-47(51)50-18-10-17-46(58(50)59)43-22-21-40-34-45(30-25-39(40)33-43)62-55-20-9-7-15-49(55)53-36-42(27-32-57(53)62)41-26-31-56-52(35-41)48-14-6-8-19-54(48)61(56)44-28-23-38(24-29-44)37-11-2-1-3-12-37/h1-23,25-36,38,60H,24H2. The topological polar surface area (TPSA) is 33.7 Å². The number of allylic oxidation sites excluding steroid dienone is 4. The molecular formula is C59H39N3. The highest BCUT2D eigenvalue weighted by molar-refractivity contribution is 6.26. The largest absolute Gasteiger partial charge is 0.310 e. The summed E-state index contributed by atoms with van der Waals surface area (Å²) in [6.07, 6.45) is 8.05. The Kier molecular flexibility index (Phi) is 7.58. The van der Waals surface area contributed by atoms with Crippen molar-refractivity contribution in [3.8, 4) is 39.1 Å². The second-order valence-electron chi connectivity index (χ2n) is 16.8. The third-order valence-corrected chi connectivity index (χ3v) is 13.4. The zero-order chi connectivity index (χ0) is 40.9. The average Bonchev–Trinajstić information content (AvgIpc) is 3.96. The van der Waals surface area contributed by atoms with E-state index in [0.29, 0.717) is 11.6 Å². The molecule has 0 saturated carbocycles. The molecule has 62 heavy (non-hydrogen) atoms. The molecule has 2 aliphatic carbocycles. The SMILES string of the molecule is N=C1c2ccccc2-c2cccc(-c3ccc4cc(-n5c6ccccc6c6cc(-c7ccc8c(c7)c7ccccc7n8C7=CCC(c8ccccc8)C=C7)ccc65)ccc4c3)c21. The van der Waals surface area contributed by atoms with Gasteiger partial charge in [-0.1, -0.05) is 152 Å². The third kappa shape index (κ3) is 5.22. The van der Waals surface area contributed by atoms with Gasteiger partial charge in [-0.3, -0.25) is 5.41 Å². The van der Waals surface area contributed by atoms with Crippen molar-refractivity contribution in [3.05, 3.63) is 229 Å². The van der Waals surface area contributed by atoms with Crippen molar-refractivity contribution in [1.82, 2.24) is 9.13 Å². The van der Waals surface area contributed by atoms with Gasteiger partial charge in [0.1, 0.15) is 0 Å². The molecule has 0 amide bonds. The third-order valence-electron chi connectivity index (χ3n) is 13.4. The van der Waals surface area contributed by atoms with Gasteiger partial charge in [0.15, 0.2) is 0 Å². The zero-order valence-corrected chi connectivity index (χ0v) is 33.9. The van der Waals surface area contributed by atoms with Gasteiger partial charge in [-0.05, 0) is 117 Å². The van der Waals surface area contributed by atoms with Gasteiger partial charge >= 0.3 is 0 Å². The highest BCUT2D eigenvalue weighted by Crippen LogP contribution is 2.43. The van der Waals surface area contributed by atoms with Crippen molar-refractivity contribution in [2.75, 3.05) is 0 Å². The molecule has 0 fully saturated rings. The molecular weight excluding hydrogens is 751 g/mol. The van der Waals surface area contributed by atoms with Crippen LogP contribution in [0.3, 0.4) is 0 Å². The molecule has 2 aliphatic rings. The van der Waals surface area contributed by atoms with Crippen molar-refractivity contribution in [2.24, 2.45) is 0 Å². The Bertz CT molecular complexity index is 3740. The number of rotatable bonds is 5. The minimum absolute atomic E-state index is 0.396. The van der Waals surface area contributed by atoms with Crippen molar-refractivity contribution in [3.63, 3.8) is 0 Å². The predicted octanol–water partition coefficient (Wildman–Crippen LogP) is 15.4. The summed E-state index contributed by atoms with van der Waals surface area (Å²) >= 11 is 0. The second kappa shape index (κ2) is 13.5. The Hall–Kier alpha value is -8.01. The summed E-state index contributed by atoms with van der Waals surface area (Å²) in [5.74, 6) is 0.396. The van der Waals surface area contributed by atoms with Crippen molar-refractivity contribution >= 4 is 65.8 Å². The number of benzene rings is 9. The Balaban J connectivity index is 0.875. The molecule has 0 spiro atoms. The minimum Gasteiger partial charge on any atom is -0.310 e. The molecule has 3 heteroatoms. The van der Waals surface area contributed by atoms with Crippen LogP contribution in [0, 0.1) is 5.41 Å². The Morgan fingerprint density at radius 1 is 0.419 bits per heavy atom. The van der Waals surface area contributed by atoms with Gasteiger partial charge < -0.3 is 9.13 Å². The van der Waals surface area contributed by atoms with E-state index in [4.69, 9.17) is 5.41 Å². The number of fused-ring (bicyclic) bond motifs is 10. The molecule has 11 aromatic rings. The van der Waals surface area contributed by atoms with Crippen LogP contribution in [0.2, 0.25) is 0 Å². The van der Waals surface area contributed by atoms with E-state index in [9.17, 15) is 0 Å². The first-order valence-electron chi connectivity index (χ1n) is 21.5. The Morgan fingerprint density at radius 3 is 1.74 bits per heavy atom. The van der Waals surface area contributed by atoms with E-state index >= 15 is 0 Å². The molecule has 1 N–H and O–H groups in total. The number of nitrogens with zero attached hydrogens (tertiary/aromatic N) is 2. The molecule has 2 heterocycles. The van der Waals surface area contributed by atoms with E-state index in [0.717, 1.165) is 45.5 Å². The Morgan fingerprint density at radius 2 is 1.00 bits per heavy atom. The van der Waals surface area contributed by atoms with E-state index in [-0.39, 0.29) is 0 Å². The number of hydrogen-bond acceptors (Lipinski definition) is 1. The summed E-state index contributed by atoms with van der Waals surface area (Å²) in [5.41, 5.74) is 18.1. The van der Waals surface area contributed by atoms with Gasteiger partial charge in [0.2, 0.25) is 0 Å². The lowest BCUT2D eigenvalue weighted by atomic mass is 9.92. The normalized spacial score (nSPS) is 14.6. The lowest BCUT2D eigenvalue weighted by molar-refractivity contribution is 0.850. The summed E-state index contributed by atoms with van der Waals surface area (Å²) < 4.78 is 4.85. The molecule has 1 atom stereocenters. The monoisotopic (exact) mass is 789 g/mol. The van der Waals surface area contributed by atoms with Crippen molar-refractivity contribution < 1.29 is 0 Å². The van der Waals surface area contributed by atoms with Crippen LogP contribution in [0.4, 0.5) is 0 Å². The van der Waals surface area contributed by atoms with Crippen LogP contribution in [0.25, 0.3) is 99.1 Å². The summed E-state index contributed by atoms with van der Waals surface area (Å²) in [6.45, 7) is 0. The van der Waals surface area contributed by atoms with Crippen molar-refractivity contribution in [1.29, 1.82) is 5.41 Å². The zero-order valence-electron chi connectivity index (χ0n) is 33.9. The molecule has 0 radical (unpaired) electrons. The molecule has 0 bridgehead atoms. The summed E-state index contributed by atoms with van der Waals surface area (Å²) in [6, 6.07) is 70.6. The summed E-state index contributed by atoms with van der Waals surface area (Å²) in [7, 11) is 0. The molecule has 3 nitrogen and oxygen atoms in total. The molecule has 290 valence electrons. The lowest BCUT2D eigenvalue weighted by Crippen LogP contribution is -2.02. The summed E-state index contributed by atoms with van der Waals surface area (Å²) in [4.78, 5) is 0. The first-order valence-corrected chi connectivity index (χ1v) is 21.5. The molecule has 13 rings (SSSR count). The van der Waals surface area contributed by atoms with E-state index in [1.165, 1.54) is 76.8 Å². The van der Waals surface area contributed by atoms with Gasteiger partial charge in [0.05, 0.1) is 27.8 Å². The molecule has 0 aliphatic heterocycles. The minimum atomic E-state index is 0.396. The average molecular weight is 790 g/mol. The van der Waals surface area contributed by atoms with Crippen molar-refractivity contribution in [2.45, 2.75) is 12.3 Å². The summed E-state index contributed by atoms with van der Waals surface area (Å²) in [5, 5.41) is 16.5. The van der Waals surface area contributed by atoms with Gasteiger partial charge in [0, 0.05) is 50.0 Å². The van der Waals surface area contributed by atoms with E-state index in [2.05, 4.69) is 215 Å². The number of aromatic nitrogens is 2. The first-order chi connectivity index (χ1) is 30.7. The maximum absolute atomic E-state index is 9.08. The van der Waals surface area contributed by atoms with Crippen LogP contribution in [0.15, 0.2) is 212 Å². The van der Waals surface area contributed by atoms with Crippen LogP contribution >= 0.6 is 0 Å². The number of hydrogen-bond donors (Lipinski definition) is 1. The van der Waals surface area contributed by atoms with E-state index < -0.39 is 0 Å². The Labute approximate surface area is 359 Å². The van der Waals surface area contributed by atoms with Gasteiger partial charge in [-0.2, -0.15) is 0 Å². The van der Waals surface area contributed by atoms with E-state index in [1.807, 2.05) is 6.07 Å². The van der Waals surface area contributed by atoms with Crippen LogP contribution < -0.4 is 0 Å². The fraction of sp³-hybridized carbons (Fsp3) is 0.0339. The van der Waals surface area contributed by atoms with Crippen LogP contribution in [-0.2, 0) is 0 Å². The lowest BCUT2D eigenvalue weighted by Gasteiger charge is -2.18. The van der Waals surface area contributed by atoms with Gasteiger partial charge in [-0.25, -0.2) is 0 Å². The molecule has 2 aromatic heterocycles. The molecule has 9 aromatic carbocycles. The number of para-hydroxylation sites is 2. The maximum atomic E-state index is 9.08. The maximum Gasteiger partial charge on any atom is 0.0703 e. The van der Waals surface area contributed by atoms with Gasteiger partial charge in [-0.15, -0.1) is 0 Å². The van der Waals surface area contributed by atoms with Crippen LogP contribution in [0.1, 0.15) is 29.0 Å². The van der Waals surface area contributed by atoms with Gasteiger partial charge in [0.25, 0.3) is 0 Å². The highest BCUT2D eigenvalue weighted by atomic mass is 15.0. The fourth-order valence-corrected chi connectivity index (χ4v) is 10.5.